The number of anilines is 2. The van der Waals surface area contributed by atoms with Crippen molar-refractivity contribution in [3.8, 4) is 11.5 Å². The van der Waals surface area contributed by atoms with Gasteiger partial charge in [-0.1, -0.05) is 0 Å². The van der Waals surface area contributed by atoms with Crippen LogP contribution in [0.2, 0.25) is 0 Å². The number of hydrogen-bond donors (Lipinski definition) is 2. The number of carbonyl (C=O) groups excluding carboxylic acids is 1. The van der Waals surface area contributed by atoms with Gasteiger partial charge < -0.3 is 25.0 Å². The van der Waals surface area contributed by atoms with Crippen LogP contribution in [0.4, 0.5) is 11.4 Å². The maximum absolute atomic E-state index is 13.5. The molecule has 1 fully saturated rings. The zero-order chi connectivity index (χ0) is 22.3. The molecule has 2 aliphatic heterocycles. The van der Waals surface area contributed by atoms with E-state index in [0.29, 0.717) is 25.3 Å². The molecule has 0 spiro atoms. The van der Waals surface area contributed by atoms with Crippen molar-refractivity contribution in [2.75, 3.05) is 43.4 Å². The summed E-state index contributed by atoms with van der Waals surface area (Å²) in [6.07, 6.45) is 1.35. The minimum absolute atomic E-state index is 0.0612. The molecule has 4 rings (SSSR count). The lowest BCUT2D eigenvalue weighted by Crippen LogP contribution is -2.57. The Morgan fingerprint density at radius 2 is 1.68 bits per heavy atom. The van der Waals surface area contributed by atoms with Gasteiger partial charge >= 0.3 is 0 Å². The van der Waals surface area contributed by atoms with Gasteiger partial charge in [-0.2, -0.15) is 0 Å². The fourth-order valence-corrected chi connectivity index (χ4v) is 4.74. The van der Waals surface area contributed by atoms with Crippen molar-refractivity contribution in [2.45, 2.75) is 46.1 Å². The minimum atomic E-state index is -0.871. The molecule has 0 unspecified atom stereocenters. The minimum Gasteiger partial charge on any atom is -0.507 e. The molecule has 2 heterocycles. The molecule has 166 valence electrons. The molecule has 6 heteroatoms. The Bertz CT molecular complexity index is 994. The van der Waals surface area contributed by atoms with Crippen molar-refractivity contribution in [1.82, 2.24) is 4.90 Å². The molecule has 0 radical (unpaired) electrons. The molecule has 2 aromatic rings. The van der Waals surface area contributed by atoms with Crippen molar-refractivity contribution in [3.05, 3.63) is 46.5 Å². The number of benzene rings is 2. The van der Waals surface area contributed by atoms with Crippen LogP contribution in [0.5, 0.6) is 11.5 Å². The highest BCUT2D eigenvalue weighted by Crippen LogP contribution is 2.43. The summed E-state index contributed by atoms with van der Waals surface area (Å²) in [5, 5.41) is 13.5. The number of hydrogen-bond acceptors (Lipinski definition) is 5. The number of carbonyl (C=O) groups is 1. The van der Waals surface area contributed by atoms with Gasteiger partial charge in [0.25, 0.3) is 5.91 Å². The van der Waals surface area contributed by atoms with Crippen molar-refractivity contribution in [2.24, 2.45) is 0 Å². The number of aromatic hydroxyl groups is 1. The predicted octanol–water partition coefficient (Wildman–Crippen LogP) is 3.79. The number of fused-ring (bicyclic) bond motifs is 1. The van der Waals surface area contributed by atoms with Crippen molar-refractivity contribution in [3.63, 3.8) is 0 Å². The van der Waals surface area contributed by atoms with E-state index >= 15 is 0 Å². The number of rotatable bonds is 3. The summed E-state index contributed by atoms with van der Waals surface area (Å²) in [5.74, 6) is 1.18. The van der Waals surface area contributed by atoms with Crippen LogP contribution in [0.3, 0.4) is 0 Å². The van der Waals surface area contributed by atoms with Crippen LogP contribution < -0.4 is 15.0 Å². The number of nitrogens with zero attached hydrogens (tertiary/aromatic N) is 2. The number of phenolic OH excluding ortho intramolecular Hbond substituents is 1. The van der Waals surface area contributed by atoms with Crippen LogP contribution in [0.15, 0.2) is 24.3 Å². The van der Waals surface area contributed by atoms with Gasteiger partial charge in [0.2, 0.25) is 0 Å². The molecule has 0 saturated carbocycles. The van der Waals surface area contributed by atoms with Crippen molar-refractivity contribution < 1.29 is 14.6 Å². The third-order valence-corrected chi connectivity index (χ3v) is 7.06. The van der Waals surface area contributed by atoms with E-state index in [1.165, 1.54) is 5.69 Å². The van der Waals surface area contributed by atoms with Gasteiger partial charge in [-0.3, -0.25) is 4.79 Å². The first-order chi connectivity index (χ1) is 14.7. The highest BCUT2D eigenvalue weighted by Gasteiger charge is 2.43. The molecule has 2 aliphatic rings. The lowest BCUT2D eigenvalue weighted by molar-refractivity contribution is -0.148. The highest BCUT2D eigenvalue weighted by molar-refractivity contribution is 5.86. The van der Waals surface area contributed by atoms with Crippen LogP contribution in [0, 0.1) is 20.8 Å². The maximum Gasteiger partial charge on any atom is 0.266 e. The molecule has 6 nitrogen and oxygen atoms in total. The summed E-state index contributed by atoms with van der Waals surface area (Å²) in [4.78, 5) is 17.7. The van der Waals surface area contributed by atoms with Gasteiger partial charge in [-0.05, 0) is 75.1 Å². The van der Waals surface area contributed by atoms with E-state index in [9.17, 15) is 9.90 Å². The van der Waals surface area contributed by atoms with Crippen LogP contribution in [0.1, 0.15) is 35.6 Å². The van der Waals surface area contributed by atoms with Gasteiger partial charge in [0.05, 0.1) is 0 Å². The number of amides is 1. The Hall–Kier alpha value is -2.89. The first kappa shape index (κ1) is 21.3. The zero-order valence-electron chi connectivity index (χ0n) is 19.2. The summed E-state index contributed by atoms with van der Waals surface area (Å²) in [6, 6.07) is 8.39. The number of piperazine rings is 1. The number of nitrogens with one attached hydrogen (secondary N) is 1. The van der Waals surface area contributed by atoms with Crippen LogP contribution in [0.25, 0.3) is 0 Å². The van der Waals surface area contributed by atoms with Crippen molar-refractivity contribution in [1.29, 1.82) is 0 Å². The second kappa shape index (κ2) is 7.98. The fraction of sp³-hybridized carbons (Fsp3) is 0.480. The molecule has 31 heavy (non-hydrogen) atoms. The van der Waals surface area contributed by atoms with Crippen molar-refractivity contribution >= 4 is 17.3 Å². The lowest BCUT2D eigenvalue weighted by atomic mass is 9.86. The number of phenols is 1. The molecule has 1 saturated heterocycles. The molecule has 0 bridgehead atoms. The van der Waals surface area contributed by atoms with E-state index in [1.54, 1.807) is 0 Å². The van der Waals surface area contributed by atoms with E-state index in [1.807, 2.05) is 39.6 Å². The van der Waals surface area contributed by atoms with Crippen LogP contribution in [-0.2, 0) is 11.2 Å². The van der Waals surface area contributed by atoms with Gasteiger partial charge in [0.15, 0.2) is 5.60 Å². The summed E-state index contributed by atoms with van der Waals surface area (Å²) < 4.78 is 6.40. The third-order valence-electron chi connectivity index (χ3n) is 7.06. The van der Waals surface area contributed by atoms with E-state index in [-0.39, 0.29) is 5.91 Å². The Kier molecular flexibility index (Phi) is 5.50. The Labute approximate surface area is 184 Å². The molecular weight excluding hydrogens is 390 g/mol. The summed E-state index contributed by atoms with van der Waals surface area (Å²) in [5.41, 5.74) is 5.05. The zero-order valence-corrected chi connectivity index (χ0v) is 19.2. The SMILES string of the molecule is CNc1ccc(N2CCN(C(=O)[C@]3(C)CCc4c(C)c(O)c(C)c(C)c4O3)CC2)cc1. The largest absolute Gasteiger partial charge is 0.507 e. The second-order valence-corrected chi connectivity index (χ2v) is 8.94. The average Bonchev–Trinajstić information content (AvgIpc) is 2.81. The molecule has 0 aliphatic carbocycles. The summed E-state index contributed by atoms with van der Waals surface area (Å²) >= 11 is 0. The van der Waals surface area contributed by atoms with E-state index in [4.69, 9.17) is 4.74 Å². The number of ether oxygens (including phenoxy) is 1. The van der Waals surface area contributed by atoms with Gasteiger partial charge in [-0.25, -0.2) is 0 Å². The molecule has 2 N–H and O–H groups in total. The van der Waals surface area contributed by atoms with Gasteiger partial charge in [-0.15, -0.1) is 0 Å². The van der Waals surface area contributed by atoms with Crippen LogP contribution >= 0.6 is 0 Å². The van der Waals surface area contributed by atoms with E-state index in [2.05, 4.69) is 34.5 Å². The Morgan fingerprint density at radius 1 is 1.03 bits per heavy atom. The second-order valence-electron chi connectivity index (χ2n) is 8.94. The molecule has 2 aromatic carbocycles. The molecule has 1 amide bonds. The smallest absolute Gasteiger partial charge is 0.266 e. The predicted molar refractivity (Wildman–Crippen MR) is 124 cm³/mol. The fourth-order valence-electron chi connectivity index (χ4n) is 4.74. The molecule has 1 atom stereocenters. The first-order valence-corrected chi connectivity index (χ1v) is 11.1. The third kappa shape index (κ3) is 3.68. The lowest BCUT2D eigenvalue weighted by Gasteiger charge is -2.42. The van der Waals surface area contributed by atoms with Gasteiger partial charge in [0, 0.05) is 56.6 Å². The topological polar surface area (TPSA) is 65.0 Å². The molecule has 0 aromatic heterocycles. The Morgan fingerprint density at radius 3 is 2.29 bits per heavy atom. The maximum atomic E-state index is 13.5. The average molecular weight is 424 g/mol. The monoisotopic (exact) mass is 423 g/mol. The molecular formula is C25H33N3O3. The van der Waals surface area contributed by atoms with Gasteiger partial charge in [0.1, 0.15) is 11.5 Å². The van der Waals surface area contributed by atoms with E-state index in [0.717, 1.165) is 53.2 Å². The summed E-state index contributed by atoms with van der Waals surface area (Å²) in [7, 11) is 1.92. The van der Waals surface area contributed by atoms with E-state index < -0.39 is 5.60 Å². The quantitative estimate of drug-likeness (QED) is 0.786. The van der Waals surface area contributed by atoms with Crippen LogP contribution in [-0.4, -0.2) is 54.7 Å². The Balaban J connectivity index is 1.47. The standard InChI is InChI=1S/C25H33N3O3/c1-16-17(2)23-21(18(3)22(16)29)10-11-25(4,31-23)24(30)28-14-12-27(13-15-28)20-8-6-19(26-5)7-9-20/h6-9,26,29H,10-15H2,1-5H3/t25-/m0/s1. The highest BCUT2D eigenvalue weighted by atomic mass is 16.5. The summed E-state index contributed by atoms with van der Waals surface area (Å²) in [6.45, 7) is 10.7. The first-order valence-electron chi connectivity index (χ1n) is 11.1. The normalized spacial score (nSPS) is 20.8.